The number of nitrogens with zero attached hydrogens (tertiary/aromatic N) is 1. The van der Waals surface area contributed by atoms with Crippen molar-refractivity contribution in [2.24, 2.45) is 0 Å². The Morgan fingerprint density at radius 3 is 2.65 bits per heavy atom. The highest BCUT2D eigenvalue weighted by Crippen LogP contribution is 2.27. The summed E-state index contributed by atoms with van der Waals surface area (Å²) in [6.07, 6.45) is 0. The molecule has 5 nitrogen and oxygen atoms in total. The Kier molecular flexibility index (Phi) is 4.32. The van der Waals surface area contributed by atoms with Gasteiger partial charge < -0.3 is 15.8 Å². The Hall–Kier alpha value is -1.98. The van der Waals surface area contributed by atoms with Gasteiger partial charge in [0.1, 0.15) is 16.7 Å². The van der Waals surface area contributed by atoms with Crippen molar-refractivity contribution < 1.29 is 9.53 Å². The molecular formula is C13H11Cl2N3O2. The van der Waals surface area contributed by atoms with Gasteiger partial charge in [0, 0.05) is 11.3 Å². The Morgan fingerprint density at radius 1 is 1.30 bits per heavy atom. The molecule has 1 aromatic heterocycles. The van der Waals surface area contributed by atoms with Crippen molar-refractivity contribution in [3.05, 3.63) is 46.1 Å². The number of methoxy groups -OCH3 is 1. The normalized spacial score (nSPS) is 10.2. The van der Waals surface area contributed by atoms with Crippen LogP contribution < -0.4 is 15.8 Å². The number of nitrogen functional groups attached to an aromatic ring is 1. The van der Waals surface area contributed by atoms with Gasteiger partial charge in [-0.3, -0.25) is 4.79 Å². The third-order valence-corrected chi connectivity index (χ3v) is 2.97. The number of ether oxygens (including phenoxy) is 1. The molecule has 0 unspecified atom stereocenters. The third-order valence-electron chi connectivity index (χ3n) is 2.49. The van der Waals surface area contributed by atoms with Crippen molar-refractivity contribution in [1.29, 1.82) is 0 Å². The fourth-order valence-electron chi connectivity index (χ4n) is 1.60. The molecule has 1 amide bonds. The lowest BCUT2D eigenvalue weighted by molar-refractivity contribution is 0.102. The van der Waals surface area contributed by atoms with Crippen molar-refractivity contribution in [2.75, 3.05) is 18.2 Å². The average Bonchev–Trinajstić information content (AvgIpc) is 2.37. The van der Waals surface area contributed by atoms with E-state index in [1.54, 1.807) is 18.2 Å². The lowest BCUT2D eigenvalue weighted by Gasteiger charge is -2.08. The zero-order valence-electron chi connectivity index (χ0n) is 10.5. The molecule has 104 valence electrons. The predicted molar refractivity (Wildman–Crippen MR) is 79.6 cm³/mol. The molecule has 0 atom stereocenters. The first-order valence-electron chi connectivity index (χ1n) is 5.57. The molecular weight excluding hydrogens is 301 g/mol. The van der Waals surface area contributed by atoms with Crippen molar-refractivity contribution in [2.45, 2.75) is 0 Å². The molecule has 0 saturated carbocycles. The summed E-state index contributed by atoms with van der Waals surface area (Å²) in [7, 11) is 1.52. The summed E-state index contributed by atoms with van der Waals surface area (Å²) in [5.41, 5.74) is 6.39. The van der Waals surface area contributed by atoms with E-state index in [9.17, 15) is 4.79 Å². The number of hydrogen-bond donors (Lipinski definition) is 2. The van der Waals surface area contributed by atoms with Gasteiger partial charge in [-0.2, -0.15) is 0 Å². The molecule has 7 heteroatoms. The highest BCUT2D eigenvalue weighted by Gasteiger charge is 2.10. The van der Waals surface area contributed by atoms with E-state index in [-0.39, 0.29) is 16.9 Å². The van der Waals surface area contributed by atoms with Crippen LogP contribution in [-0.4, -0.2) is 18.0 Å². The number of aromatic nitrogens is 1. The number of pyridine rings is 1. The van der Waals surface area contributed by atoms with Gasteiger partial charge in [0.25, 0.3) is 5.91 Å². The largest absolute Gasteiger partial charge is 0.495 e. The summed E-state index contributed by atoms with van der Waals surface area (Å²) >= 11 is 11.7. The second kappa shape index (κ2) is 5.98. The van der Waals surface area contributed by atoms with E-state index in [2.05, 4.69) is 10.3 Å². The summed E-state index contributed by atoms with van der Waals surface area (Å²) < 4.78 is 5.03. The molecule has 0 aliphatic carbocycles. The smallest absolute Gasteiger partial charge is 0.255 e. The van der Waals surface area contributed by atoms with E-state index >= 15 is 0 Å². The Bertz CT molecular complexity index is 642. The standard InChI is InChI=1S/C13H11Cl2N3O2/c1-20-10-3-2-8(6-9(10)14)17-13(19)7-4-11(15)18-12(16)5-7/h2-6H,1H3,(H2,16,18)(H,17,19). The number of hydrogen-bond acceptors (Lipinski definition) is 4. The van der Waals surface area contributed by atoms with Gasteiger partial charge in [-0.1, -0.05) is 23.2 Å². The molecule has 3 N–H and O–H groups in total. The number of rotatable bonds is 3. The first-order chi connectivity index (χ1) is 9.49. The molecule has 20 heavy (non-hydrogen) atoms. The number of amides is 1. The number of nitrogens with two attached hydrogens (primary N) is 1. The molecule has 2 rings (SSSR count). The first kappa shape index (κ1) is 14.4. The van der Waals surface area contributed by atoms with Gasteiger partial charge in [-0.25, -0.2) is 4.98 Å². The number of carbonyl (C=O) groups is 1. The SMILES string of the molecule is COc1ccc(NC(=O)c2cc(N)nc(Cl)c2)cc1Cl. The molecule has 1 heterocycles. The molecule has 0 fully saturated rings. The van der Waals surface area contributed by atoms with Crippen LogP contribution in [0.5, 0.6) is 5.75 Å². The van der Waals surface area contributed by atoms with Crippen LogP contribution in [0.25, 0.3) is 0 Å². The monoisotopic (exact) mass is 311 g/mol. The topological polar surface area (TPSA) is 77.2 Å². The van der Waals surface area contributed by atoms with E-state index in [0.29, 0.717) is 22.0 Å². The fourth-order valence-corrected chi connectivity index (χ4v) is 2.07. The lowest BCUT2D eigenvalue weighted by Crippen LogP contribution is -2.12. The molecule has 0 aliphatic heterocycles. The van der Waals surface area contributed by atoms with Gasteiger partial charge in [0.05, 0.1) is 12.1 Å². The van der Waals surface area contributed by atoms with Crippen LogP contribution in [0.3, 0.4) is 0 Å². The Balaban J connectivity index is 2.21. The zero-order valence-corrected chi connectivity index (χ0v) is 12.0. The number of halogens is 2. The first-order valence-corrected chi connectivity index (χ1v) is 6.33. The maximum Gasteiger partial charge on any atom is 0.255 e. The molecule has 0 radical (unpaired) electrons. The highest BCUT2D eigenvalue weighted by molar-refractivity contribution is 6.32. The van der Waals surface area contributed by atoms with Crippen LogP contribution >= 0.6 is 23.2 Å². The van der Waals surface area contributed by atoms with Crippen LogP contribution in [0.2, 0.25) is 10.2 Å². The predicted octanol–water partition coefficient (Wildman–Crippen LogP) is 3.23. The van der Waals surface area contributed by atoms with E-state index in [1.165, 1.54) is 19.2 Å². The van der Waals surface area contributed by atoms with Gasteiger partial charge in [-0.15, -0.1) is 0 Å². The Labute approximate surface area is 125 Å². The molecule has 0 bridgehead atoms. The molecule has 0 spiro atoms. The molecule has 0 saturated heterocycles. The maximum absolute atomic E-state index is 12.1. The van der Waals surface area contributed by atoms with Crippen molar-refractivity contribution in [1.82, 2.24) is 4.98 Å². The number of anilines is 2. The van der Waals surface area contributed by atoms with Crippen LogP contribution in [0.4, 0.5) is 11.5 Å². The number of nitrogens with one attached hydrogen (secondary N) is 1. The van der Waals surface area contributed by atoms with Gasteiger partial charge >= 0.3 is 0 Å². The van der Waals surface area contributed by atoms with E-state index in [4.69, 9.17) is 33.7 Å². The second-order valence-corrected chi connectivity index (χ2v) is 4.70. The quantitative estimate of drug-likeness (QED) is 0.853. The van der Waals surface area contributed by atoms with Crippen molar-refractivity contribution in [3.8, 4) is 5.75 Å². The zero-order chi connectivity index (χ0) is 14.7. The second-order valence-electron chi connectivity index (χ2n) is 3.91. The Morgan fingerprint density at radius 2 is 2.05 bits per heavy atom. The van der Waals surface area contributed by atoms with E-state index < -0.39 is 0 Å². The summed E-state index contributed by atoms with van der Waals surface area (Å²) in [6.45, 7) is 0. The summed E-state index contributed by atoms with van der Waals surface area (Å²) in [5.74, 6) is 0.346. The van der Waals surface area contributed by atoms with Crippen molar-refractivity contribution >= 4 is 40.6 Å². The van der Waals surface area contributed by atoms with Crippen LogP contribution in [0, 0.1) is 0 Å². The summed E-state index contributed by atoms with van der Waals surface area (Å²) in [6, 6.07) is 7.79. The van der Waals surface area contributed by atoms with Gasteiger partial charge in [0.15, 0.2) is 0 Å². The number of carbonyl (C=O) groups excluding carboxylic acids is 1. The van der Waals surface area contributed by atoms with Gasteiger partial charge in [-0.05, 0) is 30.3 Å². The third kappa shape index (κ3) is 3.31. The van der Waals surface area contributed by atoms with Gasteiger partial charge in [0.2, 0.25) is 0 Å². The lowest BCUT2D eigenvalue weighted by atomic mass is 10.2. The molecule has 1 aromatic carbocycles. The number of benzene rings is 1. The minimum absolute atomic E-state index is 0.155. The summed E-state index contributed by atoms with van der Waals surface area (Å²) in [5, 5.41) is 3.24. The summed E-state index contributed by atoms with van der Waals surface area (Å²) in [4.78, 5) is 15.8. The fraction of sp³-hybridized carbons (Fsp3) is 0.0769. The molecule has 2 aromatic rings. The average molecular weight is 312 g/mol. The minimum Gasteiger partial charge on any atom is -0.495 e. The van der Waals surface area contributed by atoms with Crippen LogP contribution in [-0.2, 0) is 0 Å². The van der Waals surface area contributed by atoms with Crippen molar-refractivity contribution in [3.63, 3.8) is 0 Å². The van der Waals surface area contributed by atoms with E-state index in [1.807, 2.05) is 0 Å². The van der Waals surface area contributed by atoms with E-state index in [0.717, 1.165) is 0 Å². The maximum atomic E-state index is 12.1. The van der Waals surface area contributed by atoms with Crippen LogP contribution in [0.15, 0.2) is 30.3 Å². The molecule has 0 aliphatic rings. The minimum atomic E-state index is -0.359. The van der Waals surface area contributed by atoms with Crippen LogP contribution in [0.1, 0.15) is 10.4 Å². The highest BCUT2D eigenvalue weighted by atomic mass is 35.5.